The van der Waals surface area contributed by atoms with Crippen molar-refractivity contribution in [2.24, 2.45) is 5.92 Å². The Hall–Kier alpha value is -3.07. The van der Waals surface area contributed by atoms with Crippen LogP contribution in [0.2, 0.25) is 10.0 Å². The van der Waals surface area contributed by atoms with E-state index >= 15 is 0 Å². The molecule has 1 N–H and O–H groups in total. The number of sulfonamides is 1. The summed E-state index contributed by atoms with van der Waals surface area (Å²) in [4.78, 5) is 28.5. The quantitative estimate of drug-likeness (QED) is 0.291. The van der Waals surface area contributed by atoms with Crippen molar-refractivity contribution in [2.45, 2.75) is 52.1 Å². The average molecular weight is 605 g/mol. The average Bonchev–Trinajstić information content (AvgIpc) is 2.90. The topological polar surface area (TPSA) is 86.8 Å². The molecule has 1 atom stereocenters. The molecule has 40 heavy (non-hydrogen) atoms. The van der Waals surface area contributed by atoms with Gasteiger partial charge in [0.1, 0.15) is 12.6 Å². The summed E-state index contributed by atoms with van der Waals surface area (Å²) < 4.78 is 29.0. The zero-order valence-corrected chi connectivity index (χ0v) is 25.6. The van der Waals surface area contributed by atoms with E-state index in [1.807, 2.05) is 20.8 Å². The van der Waals surface area contributed by atoms with Gasteiger partial charge in [0.2, 0.25) is 11.8 Å². The Labute approximate surface area is 247 Å². The maximum atomic E-state index is 14.0. The lowest BCUT2D eigenvalue weighted by Gasteiger charge is -2.32. The summed E-state index contributed by atoms with van der Waals surface area (Å²) in [6.45, 7) is 9.10. The Balaban J connectivity index is 2.05. The number of carbonyl (C=O) groups is 2. The fourth-order valence-corrected chi connectivity index (χ4v) is 6.01. The van der Waals surface area contributed by atoms with E-state index in [4.69, 9.17) is 23.2 Å². The summed E-state index contributed by atoms with van der Waals surface area (Å²) in [6.07, 6.45) is 0. The lowest BCUT2D eigenvalue weighted by Crippen LogP contribution is -2.51. The first-order chi connectivity index (χ1) is 18.8. The number of hydrogen-bond acceptors (Lipinski definition) is 4. The van der Waals surface area contributed by atoms with Crippen molar-refractivity contribution >= 4 is 50.7 Å². The molecule has 3 aromatic carbocycles. The van der Waals surface area contributed by atoms with Crippen molar-refractivity contribution in [1.29, 1.82) is 0 Å². The Kier molecular flexibility index (Phi) is 10.6. The van der Waals surface area contributed by atoms with Crippen LogP contribution in [0.3, 0.4) is 0 Å². The van der Waals surface area contributed by atoms with Gasteiger partial charge < -0.3 is 10.2 Å². The van der Waals surface area contributed by atoms with Crippen molar-refractivity contribution in [1.82, 2.24) is 10.2 Å². The number of para-hydroxylation sites is 1. The van der Waals surface area contributed by atoms with E-state index in [-0.39, 0.29) is 23.3 Å². The van der Waals surface area contributed by atoms with Gasteiger partial charge in [0, 0.05) is 23.1 Å². The van der Waals surface area contributed by atoms with Gasteiger partial charge in [-0.2, -0.15) is 0 Å². The highest BCUT2D eigenvalue weighted by molar-refractivity contribution is 7.92. The molecule has 0 aliphatic rings. The van der Waals surface area contributed by atoms with E-state index in [1.54, 1.807) is 68.4 Å². The summed E-state index contributed by atoms with van der Waals surface area (Å²) in [7, 11) is -4.13. The first kappa shape index (κ1) is 31.5. The summed E-state index contributed by atoms with van der Waals surface area (Å²) in [5.41, 5.74) is 2.54. The number of carbonyl (C=O) groups excluding carboxylic acids is 2. The molecule has 0 saturated carbocycles. The zero-order valence-electron chi connectivity index (χ0n) is 23.3. The number of hydrogen-bond donors (Lipinski definition) is 1. The number of nitrogens with one attached hydrogen (secondary N) is 1. The van der Waals surface area contributed by atoms with Crippen molar-refractivity contribution in [2.75, 3.05) is 17.4 Å². The van der Waals surface area contributed by atoms with Gasteiger partial charge in [-0.3, -0.25) is 13.9 Å². The van der Waals surface area contributed by atoms with Crippen LogP contribution in [0.15, 0.2) is 71.6 Å². The molecule has 214 valence electrons. The van der Waals surface area contributed by atoms with Crippen LogP contribution in [-0.4, -0.2) is 44.3 Å². The Morgan fingerprint density at radius 1 is 0.925 bits per heavy atom. The predicted molar refractivity (Wildman–Crippen MR) is 161 cm³/mol. The fourth-order valence-electron chi connectivity index (χ4n) is 4.06. The molecule has 0 aromatic heterocycles. The maximum absolute atomic E-state index is 14.0. The van der Waals surface area contributed by atoms with Crippen LogP contribution in [0.4, 0.5) is 5.69 Å². The molecule has 0 heterocycles. The summed E-state index contributed by atoms with van der Waals surface area (Å²) >= 11 is 12.5. The monoisotopic (exact) mass is 603 g/mol. The smallest absolute Gasteiger partial charge is 0.264 e. The van der Waals surface area contributed by atoms with Crippen LogP contribution in [0.5, 0.6) is 0 Å². The Morgan fingerprint density at radius 3 is 2.17 bits per heavy atom. The fraction of sp³-hybridized carbons (Fsp3) is 0.333. The van der Waals surface area contributed by atoms with Gasteiger partial charge in [0.05, 0.1) is 10.6 Å². The molecule has 2 amide bonds. The molecule has 0 saturated heterocycles. The number of benzene rings is 3. The minimum Gasteiger partial charge on any atom is -0.354 e. The van der Waals surface area contributed by atoms with Gasteiger partial charge in [0.25, 0.3) is 10.0 Å². The SMILES string of the molecule is Cc1ccc(S(=O)(=O)N(CC(=O)N(Cc2ccc(Cl)cc2Cl)[C@@H](C)C(=O)NCC(C)C)c2ccccc2C)cc1. The van der Waals surface area contributed by atoms with Gasteiger partial charge in [-0.1, -0.05) is 79.0 Å². The number of amides is 2. The summed E-state index contributed by atoms with van der Waals surface area (Å²) in [6, 6.07) is 17.4. The number of rotatable bonds is 11. The van der Waals surface area contributed by atoms with Gasteiger partial charge in [-0.25, -0.2) is 8.42 Å². The molecule has 3 rings (SSSR count). The molecule has 10 heteroatoms. The molecule has 0 radical (unpaired) electrons. The molecule has 7 nitrogen and oxygen atoms in total. The zero-order chi connectivity index (χ0) is 29.6. The number of halogens is 2. The van der Waals surface area contributed by atoms with Crippen LogP contribution in [0.1, 0.15) is 37.5 Å². The number of nitrogens with zero attached hydrogens (tertiary/aromatic N) is 2. The van der Waals surface area contributed by atoms with Gasteiger partial charge in [0.15, 0.2) is 0 Å². The highest BCUT2D eigenvalue weighted by Crippen LogP contribution is 2.28. The summed E-state index contributed by atoms with van der Waals surface area (Å²) in [5, 5.41) is 3.63. The minimum atomic E-state index is -4.13. The second-order valence-electron chi connectivity index (χ2n) is 10.2. The van der Waals surface area contributed by atoms with E-state index in [1.165, 1.54) is 17.0 Å². The molecule has 0 unspecified atom stereocenters. The molecule has 0 aliphatic heterocycles. The third kappa shape index (κ3) is 7.77. The normalized spacial score (nSPS) is 12.2. The van der Waals surface area contributed by atoms with Crippen molar-refractivity contribution in [3.8, 4) is 0 Å². The van der Waals surface area contributed by atoms with E-state index < -0.39 is 28.5 Å². The first-order valence-electron chi connectivity index (χ1n) is 13.0. The predicted octanol–water partition coefficient (Wildman–Crippen LogP) is 6.00. The molecule has 3 aromatic rings. The highest BCUT2D eigenvalue weighted by Gasteiger charge is 2.33. The van der Waals surface area contributed by atoms with E-state index in [2.05, 4.69) is 5.32 Å². The maximum Gasteiger partial charge on any atom is 0.264 e. The van der Waals surface area contributed by atoms with Gasteiger partial charge in [-0.15, -0.1) is 0 Å². The number of anilines is 1. The minimum absolute atomic E-state index is 0.0166. The van der Waals surface area contributed by atoms with Crippen LogP contribution < -0.4 is 9.62 Å². The van der Waals surface area contributed by atoms with Gasteiger partial charge >= 0.3 is 0 Å². The largest absolute Gasteiger partial charge is 0.354 e. The molecular formula is C30H35Cl2N3O4S. The van der Waals surface area contributed by atoms with Crippen molar-refractivity contribution < 1.29 is 18.0 Å². The van der Waals surface area contributed by atoms with Crippen LogP contribution in [-0.2, 0) is 26.2 Å². The molecule has 0 bridgehead atoms. The lowest BCUT2D eigenvalue weighted by atomic mass is 10.1. The van der Waals surface area contributed by atoms with Crippen molar-refractivity contribution in [3.63, 3.8) is 0 Å². The van der Waals surface area contributed by atoms with Crippen molar-refractivity contribution in [3.05, 3.63) is 93.5 Å². The highest BCUT2D eigenvalue weighted by atomic mass is 35.5. The lowest BCUT2D eigenvalue weighted by molar-refractivity contribution is -0.139. The summed E-state index contributed by atoms with van der Waals surface area (Å²) in [5.74, 6) is -0.699. The molecular weight excluding hydrogens is 569 g/mol. The first-order valence-corrected chi connectivity index (χ1v) is 15.2. The van der Waals surface area contributed by atoms with E-state index in [9.17, 15) is 18.0 Å². The molecule has 0 spiro atoms. The van der Waals surface area contributed by atoms with Crippen LogP contribution in [0.25, 0.3) is 0 Å². The Bertz CT molecular complexity index is 1460. The number of aryl methyl sites for hydroxylation is 2. The van der Waals surface area contributed by atoms with E-state index in [0.717, 1.165) is 9.87 Å². The second-order valence-corrected chi connectivity index (χ2v) is 12.9. The molecule has 0 fully saturated rings. The second kappa shape index (κ2) is 13.5. The van der Waals surface area contributed by atoms with Crippen LogP contribution in [0, 0.1) is 19.8 Å². The third-order valence-electron chi connectivity index (χ3n) is 6.48. The standard InChI is InChI=1S/C30H35Cl2N3O4S/c1-20(2)17-33-30(37)23(5)34(18-24-12-13-25(31)16-27(24)32)29(36)19-35(28-9-7-6-8-22(28)4)40(38,39)26-14-10-21(3)11-15-26/h6-16,20,23H,17-19H2,1-5H3,(H,33,37)/t23-/m0/s1. The Morgan fingerprint density at radius 2 is 1.57 bits per heavy atom. The van der Waals surface area contributed by atoms with Gasteiger partial charge in [-0.05, 0) is 68.1 Å². The third-order valence-corrected chi connectivity index (χ3v) is 8.84. The van der Waals surface area contributed by atoms with E-state index in [0.29, 0.717) is 33.4 Å². The molecule has 0 aliphatic carbocycles. The van der Waals surface area contributed by atoms with Crippen LogP contribution >= 0.6 is 23.2 Å².